The molecule has 19 heavy (non-hydrogen) atoms. The average molecular weight is 340 g/mol. The zero-order valence-electron chi connectivity index (χ0n) is 10.4. The Bertz CT molecular complexity index is 616. The Balaban J connectivity index is 2.18. The van der Waals surface area contributed by atoms with Crippen molar-refractivity contribution in [1.29, 1.82) is 0 Å². The number of benzene rings is 2. The van der Waals surface area contributed by atoms with Crippen molar-refractivity contribution in [2.45, 2.75) is 10.6 Å². The number of hydrogen-bond donors (Lipinski definition) is 1. The summed E-state index contributed by atoms with van der Waals surface area (Å²) in [4.78, 5) is 0.751. The van der Waals surface area contributed by atoms with Gasteiger partial charge in [-0.25, -0.2) is 0 Å². The predicted octanol–water partition coefficient (Wildman–Crippen LogP) is 3.35. The van der Waals surface area contributed by atoms with Gasteiger partial charge < -0.3 is 10.5 Å². The van der Waals surface area contributed by atoms with Crippen molar-refractivity contribution >= 4 is 32.4 Å². The highest BCUT2D eigenvalue weighted by Crippen LogP contribution is 2.23. The fraction of sp³-hybridized carbons (Fsp3) is 0.143. The molecule has 0 heterocycles. The molecule has 0 aromatic heterocycles. The molecule has 0 saturated carbocycles. The van der Waals surface area contributed by atoms with E-state index in [9.17, 15) is 4.21 Å². The van der Waals surface area contributed by atoms with E-state index in [-0.39, 0.29) is 0 Å². The SMILES string of the molecule is COc1cccc(S(=O)Cc2ccc(Br)c(N)c2)c1. The topological polar surface area (TPSA) is 52.3 Å². The van der Waals surface area contributed by atoms with Gasteiger partial charge in [0.2, 0.25) is 0 Å². The summed E-state index contributed by atoms with van der Waals surface area (Å²) in [6.45, 7) is 0. The van der Waals surface area contributed by atoms with Crippen LogP contribution in [-0.4, -0.2) is 11.3 Å². The lowest BCUT2D eigenvalue weighted by molar-refractivity contribution is 0.413. The molecule has 0 aliphatic rings. The molecular weight excluding hydrogens is 326 g/mol. The molecule has 0 bridgehead atoms. The van der Waals surface area contributed by atoms with Crippen molar-refractivity contribution < 1.29 is 8.95 Å². The number of methoxy groups -OCH3 is 1. The first kappa shape index (κ1) is 14.1. The average Bonchev–Trinajstić information content (AvgIpc) is 2.43. The van der Waals surface area contributed by atoms with Gasteiger partial charge in [-0.1, -0.05) is 12.1 Å². The van der Waals surface area contributed by atoms with Crippen LogP contribution in [0.2, 0.25) is 0 Å². The summed E-state index contributed by atoms with van der Waals surface area (Å²) in [6, 6.07) is 12.9. The molecule has 0 saturated heterocycles. The second-order valence-electron chi connectivity index (χ2n) is 4.02. The maximum atomic E-state index is 12.3. The highest BCUT2D eigenvalue weighted by Gasteiger charge is 2.07. The van der Waals surface area contributed by atoms with Crippen LogP contribution in [0.15, 0.2) is 51.8 Å². The van der Waals surface area contributed by atoms with Crippen molar-refractivity contribution in [1.82, 2.24) is 0 Å². The third-order valence-electron chi connectivity index (χ3n) is 2.66. The van der Waals surface area contributed by atoms with Crippen molar-refractivity contribution in [2.75, 3.05) is 12.8 Å². The first-order valence-corrected chi connectivity index (χ1v) is 7.77. The van der Waals surface area contributed by atoms with Crippen LogP contribution in [0.5, 0.6) is 5.75 Å². The van der Waals surface area contributed by atoms with Crippen molar-refractivity contribution in [2.24, 2.45) is 0 Å². The van der Waals surface area contributed by atoms with Crippen LogP contribution in [0.4, 0.5) is 5.69 Å². The van der Waals surface area contributed by atoms with E-state index in [0.717, 1.165) is 14.9 Å². The van der Waals surface area contributed by atoms with Crippen LogP contribution in [0.1, 0.15) is 5.56 Å². The zero-order chi connectivity index (χ0) is 13.8. The zero-order valence-corrected chi connectivity index (χ0v) is 12.8. The lowest BCUT2D eigenvalue weighted by Gasteiger charge is -2.06. The fourth-order valence-electron chi connectivity index (χ4n) is 1.66. The summed E-state index contributed by atoms with van der Waals surface area (Å²) >= 11 is 3.34. The summed E-state index contributed by atoms with van der Waals surface area (Å²) in [5.74, 6) is 1.14. The van der Waals surface area contributed by atoms with Crippen LogP contribution < -0.4 is 10.5 Å². The maximum absolute atomic E-state index is 12.3. The Morgan fingerprint density at radius 1 is 1.26 bits per heavy atom. The van der Waals surface area contributed by atoms with Crippen LogP contribution >= 0.6 is 15.9 Å². The molecule has 2 rings (SSSR count). The number of halogens is 1. The molecule has 1 atom stereocenters. The maximum Gasteiger partial charge on any atom is 0.120 e. The van der Waals surface area contributed by atoms with Crippen LogP contribution in [0.25, 0.3) is 0 Å². The normalized spacial score (nSPS) is 12.1. The van der Waals surface area contributed by atoms with Gasteiger partial charge in [0.05, 0.1) is 23.7 Å². The largest absolute Gasteiger partial charge is 0.497 e. The van der Waals surface area contributed by atoms with Gasteiger partial charge in [0.15, 0.2) is 0 Å². The van der Waals surface area contributed by atoms with Crippen molar-refractivity contribution in [3.05, 3.63) is 52.5 Å². The Labute approximate surface area is 123 Å². The fourth-order valence-corrected chi connectivity index (χ4v) is 3.03. The lowest BCUT2D eigenvalue weighted by Crippen LogP contribution is -1.98. The highest BCUT2D eigenvalue weighted by atomic mass is 79.9. The second-order valence-corrected chi connectivity index (χ2v) is 6.33. The van der Waals surface area contributed by atoms with Gasteiger partial charge in [0.25, 0.3) is 0 Å². The van der Waals surface area contributed by atoms with E-state index in [1.165, 1.54) is 0 Å². The van der Waals surface area contributed by atoms with Gasteiger partial charge in [0, 0.05) is 15.1 Å². The molecule has 0 spiro atoms. The highest BCUT2D eigenvalue weighted by molar-refractivity contribution is 9.10. The van der Waals surface area contributed by atoms with Gasteiger partial charge in [-0.2, -0.15) is 0 Å². The number of hydrogen-bond acceptors (Lipinski definition) is 3. The molecule has 0 radical (unpaired) electrons. The van der Waals surface area contributed by atoms with Crippen molar-refractivity contribution in [3.63, 3.8) is 0 Å². The van der Waals surface area contributed by atoms with Crippen LogP contribution in [-0.2, 0) is 16.6 Å². The number of anilines is 1. The molecule has 0 aliphatic heterocycles. The monoisotopic (exact) mass is 339 g/mol. The summed E-state index contributed by atoms with van der Waals surface area (Å²) in [6.07, 6.45) is 0. The van der Waals surface area contributed by atoms with E-state index in [4.69, 9.17) is 10.5 Å². The Morgan fingerprint density at radius 3 is 2.74 bits per heavy atom. The summed E-state index contributed by atoms with van der Waals surface area (Å²) in [5.41, 5.74) is 7.41. The molecule has 5 heteroatoms. The van der Waals surface area contributed by atoms with Gasteiger partial charge in [0.1, 0.15) is 5.75 Å². The molecule has 0 amide bonds. The van der Waals surface area contributed by atoms with E-state index in [1.807, 2.05) is 36.4 Å². The van der Waals surface area contributed by atoms with E-state index in [0.29, 0.717) is 17.2 Å². The molecule has 3 nitrogen and oxygen atoms in total. The third kappa shape index (κ3) is 3.58. The van der Waals surface area contributed by atoms with Crippen LogP contribution in [0.3, 0.4) is 0 Å². The molecule has 100 valence electrons. The molecule has 1 unspecified atom stereocenters. The van der Waals surface area contributed by atoms with Gasteiger partial charge in [-0.05, 0) is 51.8 Å². The molecule has 0 aliphatic carbocycles. The summed E-state index contributed by atoms with van der Waals surface area (Å²) in [7, 11) is 0.483. The van der Waals surface area contributed by atoms with Gasteiger partial charge in [-0.15, -0.1) is 0 Å². The van der Waals surface area contributed by atoms with E-state index in [2.05, 4.69) is 15.9 Å². The summed E-state index contributed by atoms with van der Waals surface area (Å²) < 4.78 is 18.3. The van der Waals surface area contributed by atoms with E-state index in [1.54, 1.807) is 13.2 Å². The second kappa shape index (κ2) is 6.21. The molecule has 2 aromatic carbocycles. The van der Waals surface area contributed by atoms with E-state index >= 15 is 0 Å². The van der Waals surface area contributed by atoms with Gasteiger partial charge in [-0.3, -0.25) is 4.21 Å². The standard InChI is InChI=1S/C14H14BrNO2S/c1-18-11-3-2-4-12(8-11)19(17)9-10-5-6-13(15)14(16)7-10/h2-8H,9,16H2,1H3. The number of nitrogen functional groups attached to an aromatic ring is 1. The quantitative estimate of drug-likeness (QED) is 0.869. The molecular formula is C14H14BrNO2S. The first-order chi connectivity index (χ1) is 9.10. The van der Waals surface area contributed by atoms with Gasteiger partial charge >= 0.3 is 0 Å². The molecule has 2 aromatic rings. The summed E-state index contributed by atoms with van der Waals surface area (Å²) in [5, 5.41) is 0. The van der Waals surface area contributed by atoms with E-state index < -0.39 is 10.8 Å². The number of nitrogens with two attached hydrogens (primary N) is 1. The first-order valence-electron chi connectivity index (χ1n) is 5.66. The minimum atomic E-state index is -1.11. The molecule has 0 fully saturated rings. The predicted molar refractivity (Wildman–Crippen MR) is 81.7 cm³/mol. The number of ether oxygens (including phenoxy) is 1. The molecule has 2 N–H and O–H groups in total. The number of rotatable bonds is 4. The Kier molecular flexibility index (Phi) is 4.61. The lowest BCUT2D eigenvalue weighted by atomic mass is 10.2. The Morgan fingerprint density at radius 2 is 2.05 bits per heavy atom. The Hall–Kier alpha value is -1.33. The smallest absolute Gasteiger partial charge is 0.120 e. The van der Waals surface area contributed by atoms with Crippen molar-refractivity contribution in [3.8, 4) is 5.75 Å². The minimum absolute atomic E-state index is 0.435. The third-order valence-corrected chi connectivity index (χ3v) is 4.76. The minimum Gasteiger partial charge on any atom is -0.497 e. The van der Waals surface area contributed by atoms with Crippen LogP contribution in [0, 0.1) is 0 Å².